The Kier molecular flexibility index (Phi) is 3.85. The molecule has 1 amide bonds. The average molecular weight is 343 g/mol. The van der Waals surface area contributed by atoms with Gasteiger partial charge < -0.3 is 9.47 Å². The molecule has 0 saturated carbocycles. The van der Waals surface area contributed by atoms with Crippen LogP contribution in [0, 0.1) is 12.8 Å². The minimum absolute atomic E-state index is 0.0422. The molecule has 0 saturated heterocycles. The van der Waals surface area contributed by atoms with Gasteiger partial charge in [0.25, 0.3) is 5.91 Å². The van der Waals surface area contributed by atoms with Crippen LogP contribution in [0.4, 0.5) is 0 Å². The molecular weight excluding hydrogens is 326 g/mol. The van der Waals surface area contributed by atoms with E-state index in [0.717, 1.165) is 17.4 Å². The van der Waals surface area contributed by atoms with E-state index in [9.17, 15) is 4.79 Å². The Bertz CT molecular complexity index is 838. The number of rotatable bonds is 3. The maximum atomic E-state index is 12.8. The van der Waals surface area contributed by atoms with E-state index in [4.69, 9.17) is 0 Å². The zero-order valence-corrected chi connectivity index (χ0v) is 14.1. The van der Waals surface area contributed by atoms with Crippen LogP contribution in [-0.2, 0) is 19.6 Å². The summed E-state index contributed by atoms with van der Waals surface area (Å²) in [5, 5.41) is 6.90. The molecule has 9 heteroatoms. The van der Waals surface area contributed by atoms with Crippen LogP contribution in [0.5, 0.6) is 0 Å². The van der Waals surface area contributed by atoms with Crippen molar-refractivity contribution in [2.45, 2.75) is 26.6 Å². The highest BCUT2D eigenvalue weighted by Gasteiger charge is 2.27. The molecule has 3 aromatic rings. The van der Waals surface area contributed by atoms with Gasteiger partial charge in [-0.05, 0) is 6.92 Å². The number of amides is 1. The van der Waals surface area contributed by atoms with Crippen LogP contribution in [0.25, 0.3) is 0 Å². The molecule has 0 aliphatic carbocycles. The number of thiazole rings is 1. The molecule has 0 spiro atoms. The van der Waals surface area contributed by atoms with Crippen LogP contribution in [-0.4, -0.2) is 46.7 Å². The van der Waals surface area contributed by atoms with E-state index in [-0.39, 0.29) is 11.8 Å². The smallest absolute Gasteiger partial charge is 0.273 e. The number of carbonyl (C=O) groups excluding carboxylic acids is 1. The fourth-order valence-corrected chi connectivity index (χ4v) is 3.61. The van der Waals surface area contributed by atoms with Crippen LogP contribution in [0.3, 0.4) is 0 Å². The first kappa shape index (κ1) is 15.0. The summed E-state index contributed by atoms with van der Waals surface area (Å²) in [6.45, 7) is 4.55. The monoisotopic (exact) mass is 343 g/mol. The van der Waals surface area contributed by atoms with Gasteiger partial charge in [-0.1, -0.05) is 0 Å². The van der Waals surface area contributed by atoms with Crippen LogP contribution in [0.15, 0.2) is 30.4 Å². The third-order valence-corrected chi connectivity index (χ3v) is 4.88. The molecule has 1 atom stereocenters. The normalized spacial score (nSPS) is 17.5. The fourth-order valence-electron chi connectivity index (χ4n) is 3.03. The summed E-state index contributed by atoms with van der Waals surface area (Å²) in [7, 11) is 0. The minimum Gasteiger partial charge on any atom is -0.333 e. The minimum atomic E-state index is -0.0422. The van der Waals surface area contributed by atoms with E-state index in [1.54, 1.807) is 12.5 Å². The molecular formula is C15H17N7OS. The zero-order valence-electron chi connectivity index (χ0n) is 13.2. The van der Waals surface area contributed by atoms with Crippen LogP contribution in [0.1, 0.15) is 21.3 Å². The van der Waals surface area contributed by atoms with Gasteiger partial charge in [0.15, 0.2) is 0 Å². The van der Waals surface area contributed by atoms with Crippen molar-refractivity contribution in [3.63, 3.8) is 0 Å². The van der Waals surface area contributed by atoms with Gasteiger partial charge in [-0.3, -0.25) is 9.48 Å². The molecule has 4 heterocycles. The van der Waals surface area contributed by atoms with Crippen molar-refractivity contribution in [2.24, 2.45) is 5.92 Å². The highest BCUT2D eigenvalue weighted by molar-refractivity contribution is 7.09. The molecule has 0 aromatic carbocycles. The Morgan fingerprint density at radius 1 is 1.42 bits per heavy atom. The third kappa shape index (κ3) is 2.94. The summed E-state index contributed by atoms with van der Waals surface area (Å²) in [6.07, 6.45) is 6.98. The Morgan fingerprint density at radius 3 is 3.08 bits per heavy atom. The molecule has 0 fully saturated rings. The standard InChI is InChI=1S/C15H17N7OS/c1-11-19-13(8-24-11)15(23)21-5-12(6-22-10-16-9-18-22)4-20-3-2-17-14(20)7-21/h2-3,8-10,12H,4-7H2,1H3. The van der Waals surface area contributed by atoms with Gasteiger partial charge in [0.1, 0.15) is 24.2 Å². The Morgan fingerprint density at radius 2 is 2.33 bits per heavy atom. The topological polar surface area (TPSA) is 81.7 Å². The Hall–Kier alpha value is -2.55. The first-order chi connectivity index (χ1) is 11.7. The van der Waals surface area contributed by atoms with Crippen LogP contribution >= 0.6 is 11.3 Å². The summed E-state index contributed by atoms with van der Waals surface area (Å²) in [4.78, 5) is 27.4. The lowest BCUT2D eigenvalue weighted by atomic mass is 10.1. The van der Waals surface area contributed by atoms with Gasteiger partial charge in [0.05, 0.1) is 11.6 Å². The van der Waals surface area contributed by atoms with E-state index in [1.807, 2.05) is 28.1 Å². The first-order valence-electron chi connectivity index (χ1n) is 7.73. The van der Waals surface area contributed by atoms with Crippen molar-refractivity contribution in [3.05, 3.63) is 47.0 Å². The average Bonchev–Trinajstić information content (AvgIpc) is 3.28. The molecule has 0 bridgehead atoms. The molecule has 24 heavy (non-hydrogen) atoms. The molecule has 4 rings (SSSR count). The third-order valence-electron chi connectivity index (χ3n) is 4.10. The number of hydrogen-bond acceptors (Lipinski definition) is 6. The van der Waals surface area contributed by atoms with Gasteiger partial charge >= 0.3 is 0 Å². The maximum Gasteiger partial charge on any atom is 0.273 e. The number of aromatic nitrogens is 6. The molecule has 0 radical (unpaired) electrons. The molecule has 3 aromatic heterocycles. The predicted octanol–water partition coefficient (Wildman–Crippen LogP) is 1.21. The first-order valence-corrected chi connectivity index (χ1v) is 8.61. The van der Waals surface area contributed by atoms with E-state index >= 15 is 0 Å². The van der Waals surface area contributed by atoms with Gasteiger partial charge in [-0.2, -0.15) is 5.10 Å². The Balaban J connectivity index is 1.60. The molecule has 8 nitrogen and oxygen atoms in total. The molecule has 0 N–H and O–H groups in total. The lowest BCUT2D eigenvalue weighted by Gasteiger charge is -2.23. The van der Waals surface area contributed by atoms with E-state index < -0.39 is 0 Å². The number of carbonyl (C=O) groups is 1. The maximum absolute atomic E-state index is 12.8. The summed E-state index contributed by atoms with van der Waals surface area (Å²) in [6, 6.07) is 0. The van der Waals surface area contributed by atoms with Crippen molar-refractivity contribution < 1.29 is 4.79 Å². The van der Waals surface area contributed by atoms with Crippen LogP contribution < -0.4 is 0 Å². The van der Waals surface area contributed by atoms with Gasteiger partial charge in [0.2, 0.25) is 0 Å². The fraction of sp³-hybridized carbons (Fsp3) is 0.400. The molecule has 1 aliphatic heterocycles. The largest absolute Gasteiger partial charge is 0.333 e. The lowest BCUT2D eigenvalue weighted by molar-refractivity contribution is 0.0707. The second-order valence-electron chi connectivity index (χ2n) is 5.92. The summed E-state index contributed by atoms with van der Waals surface area (Å²) in [5.74, 6) is 1.08. The Labute approximate surface area is 142 Å². The van der Waals surface area contributed by atoms with Gasteiger partial charge in [0, 0.05) is 43.3 Å². The highest BCUT2D eigenvalue weighted by Crippen LogP contribution is 2.19. The van der Waals surface area contributed by atoms with Crippen LogP contribution in [0.2, 0.25) is 0 Å². The number of hydrogen-bond donors (Lipinski definition) is 0. The van der Waals surface area contributed by atoms with Crippen molar-refractivity contribution in [1.82, 2.24) is 34.2 Å². The number of aryl methyl sites for hydroxylation is 1. The predicted molar refractivity (Wildman–Crippen MR) is 87.3 cm³/mol. The second kappa shape index (κ2) is 6.16. The van der Waals surface area contributed by atoms with E-state index in [2.05, 4.69) is 24.6 Å². The SMILES string of the molecule is Cc1nc(C(=O)N2Cc3nccn3CC(Cn3cncn3)C2)cs1. The number of imidazole rings is 1. The highest BCUT2D eigenvalue weighted by atomic mass is 32.1. The molecule has 124 valence electrons. The van der Waals surface area contributed by atoms with E-state index in [0.29, 0.717) is 25.3 Å². The molecule has 1 unspecified atom stereocenters. The summed E-state index contributed by atoms with van der Waals surface area (Å²) < 4.78 is 3.92. The van der Waals surface area contributed by atoms with E-state index in [1.165, 1.54) is 17.7 Å². The second-order valence-corrected chi connectivity index (χ2v) is 6.98. The van der Waals surface area contributed by atoms with Crippen molar-refractivity contribution in [3.8, 4) is 0 Å². The quantitative estimate of drug-likeness (QED) is 0.714. The zero-order chi connectivity index (χ0) is 16.5. The van der Waals surface area contributed by atoms with Crippen molar-refractivity contribution >= 4 is 17.2 Å². The number of fused-ring (bicyclic) bond motifs is 1. The number of nitrogens with zero attached hydrogens (tertiary/aromatic N) is 7. The molecule has 1 aliphatic rings. The lowest BCUT2D eigenvalue weighted by Crippen LogP contribution is -2.35. The van der Waals surface area contributed by atoms with Crippen molar-refractivity contribution in [2.75, 3.05) is 6.54 Å². The van der Waals surface area contributed by atoms with Gasteiger partial charge in [-0.15, -0.1) is 11.3 Å². The summed E-state index contributed by atoms with van der Waals surface area (Å²) >= 11 is 1.49. The van der Waals surface area contributed by atoms with Gasteiger partial charge in [-0.25, -0.2) is 15.0 Å². The summed E-state index contributed by atoms with van der Waals surface area (Å²) in [5.41, 5.74) is 0.511. The van der Waals surface area contributed by atoms with Crippen molar-refractivity contribution in [1.29, 1.82) is 0 Å².